The molecule has 5 N–H and O–H groups in total. The molecule has 2 atom stereocenters. The van der Waals surface area contributed by atoms with Gasteiger partial charge in [-0.15, -0.1) is 0 Å². The third-order valence-corrected chi connectivity index (χ3v) is 2.45. The van der Waals surface area contributed by atoms with Gasteiger partial charge in [-0.25, -0.2) is 4.98 Å². The number of nitrogen functional groups attached to an aromatic ring is 1. The van der Waals surface area contributed by atoms with Crippen LogP contribution < -0.4 is 11.5 Å². The van der Waals surface area contributed by atoms with Crippen LogP contribution in [0.3, 0.4) is 0 Å². The molecule has 0 aliphatic rings. The van der Waals surface area contributed by atoms with E-state index in [-0.39, 0.29) is 0 Å². The van der Waals surface area contributed by atoms with Crippen LogP contribution in [0.5, 0.6) is 0 Å². The summed E-state index contributed by atoms with van der Waals surface area (Å²) in [6, 6.07) is 1.21. The molecule has 13 heavy (non-hydrogen) atoms. The molecule has 0 bridgehead atoms. The van der Waals surface area contributed by atoms with E-state index in [0.717, 1.165) is 10.0 Å². The van der Waals surface area contributed by atoms with Gasteiger partial charge in [-0.2, -0.15) is 0 Å². The number of hydrogen-bond donors (Lipinski definition) is 3. The summed E-state index contributed by atoms with van der Waals surface area (Å²) >= 11 is 3.29. The second-order valence-corrected chi connectivity index (χ2v) is 3.75. The number of nitrogens with zero attached hydrogens (tertiary/aromatic N) is 1. The highest BCUT2D eigenvalue weighted by Gasteiger charge is 2.15. The third-order valence-electron chi connectivity index (χ3n) is 1.78. The number of aromatic nitrogens is 1. The monoisotopic (exact) mass is 245 g/mol. The zero-order valence-corrected chi connectivity index (χ0v) is 8.82. The molecule has 0 fully saturated rings. The second kappa shape index (κ2) is 4.04. The Morgan fingerprint density at radius 3 is 2.77 bits per heavy atom. The molecular weight excluding hydrogens is 234 g/mol. The molecule has 4 nitrogen and oxygen atoms in total. The number of anilines is 1. The van der Waals surface area contributed by atoms with Gasteiger partial charge >= 0.3 is 0 Å². The molecule has 72 valence electrons. The standard InChI is InChI=1S/C8H12BrN3O/c1-4(13)8(11)5-2-7(10)12-3-6(5)9/h2-4,8,13H,11H2,1H3,(H2,10,12)/t4-,8+/m0/s1. The van der Waals surface area contributed by atoms with Crippen molar-refractivity contribution in [3.63, 3.8) is 0 Å². The normalized spacial score (nSPS) is 15.4. The highest BCUT2D eigenvalue weighted by Crippen LogP contribution is 2.24. The second-order valence-electron chi connectivity index (χ2n) is 2.90. The van der Waals surface area contributed by atoms with Crippen molar-refractivity contribution >= 4 is 21.7 Å². The average molecular weight is 246 g/mol. The third kappa shape index (κ3) is 2.40. The number of rotatable bonds is 2. The minimum Gasteiger partial charge on any atom is -0.391 e. The van der Waals surface area contributed by atoms with Gasteiger partial charge in [-0.1, -0.05) is 0 Å². The van der Waals surface area contributed by atoms with Crippen LogP contribution in [0, 0.1) is 0 Å². The molecule has 0 spiro atoms. The van der Waals surface area contributed by atoms with E-state index in [4.69, 9.17) is 11.5 Å². The lowest BCUT2D eigenvalue weighted by Gasteiger charge is -2.16. The van der Waals surface area contributed by atoms with Crippen LogP contribution in [0.1, 0.15) is 18.5 Å². The quantitative estimate of drug-likeness (QED) is 0.720. The van der Waals surface area contributed by atoms with Crippen molar-refractivity contribution in [3.8, 4) is 0 Å². The first-order valence-electron chi connectivity index (χ1n) is 3.87. The van der Waals surface area contributed by atoms with Gasteiger partial charge in [0, 0.05) is 10.7 Å². The topological polar surface area (TPSA) is 85.2 Å². The van der Waals surface area contributed by atoms with E-state index < -0.39 is 12.1 Å². The fraction of sp³-hybridized carbons (Fsp3) is 0.375. The van der Waals surface area contributed by atoms with Gasteiger partial charge in [0.05, 0.1) is 12.1 Å². The van der Waals surface area contributed by atoms with Crippen molar-refractivity contribution in [2.45, 2.75) is 19.1 Å². The Bertz CT molecular complexity index is 303. The van der Waals surface area contributed by atoms with Crippen LogP contribution in [-0.2, 0) is 0 Å². The lowest BCUT2D eigenvalue weighted by Crippen LogP contribution is -2.23. The lowest BCUT2D eigenvalue weighted by atomic mass is 10.1. The first-order valence-corrected chi connectivity index (χ1v) is 4.66. The van der Waals surface area contributed by atoms with Crippen LogP contribution in [-0.4, -0.2) is 16.2 Å². The van der Waals surface area contributed by atoms with Crippen molar-refractivity contribution in [1.29, 1.82) is 0 Å². The molecule has 1 aromatic rings. The summed E-state index contributed by atoms with van der Waals surface area (Å²) in [5.74, 6) is 0.398. The predicted octanol–water partition coefficient (Wildman–Crippen LogP) is 0.807. The molecule has 0 aliphatic heterocycles. The van der Waals surface area contributed by atoms with Crippen molar-refractivity contribution in [3.05, 3.63) is 22.3 Å². The zero-order chi connectivity index (χ0) is 10.0. The van der Waals surface area contributed by atoms with Crippen molar-refractivity contribution in [1.82, 2.24) is 4.98 Å². The van der Waals surface area contributed by atoms with Crippen LogP contribution in [0.15, 0.2) is 16.7 Å². The molecule has 0 amide bonds. The summed E-state index contributed by atoms with van der Waals surface area (Å²) < 4.78 is 0.759. The molecule has 0 saturated heterocycles. The predicted molar refractivity (Wildman–Crippen MR) is 55.0 cm³/mol. The zero-order valence-electron chi connectivity index (χ0n) is 7.24. The van der Waals surface area contributed by atoms with Gasteiger partial charge in [0.2, 0.25) is 0 Å². The number of aliphatic hydroxyl groups excluding tert-OH is 1. The molecule has 1 rings (SSSR count). The smallest absolute Gasteiger partial charge is 0.123 e. The van der Waals surface area contributed by atoms with E-state index in [0.29, 0.717) is 5.82 Å². The van der Waals surface area contributed by atoms with Crippen LogP contribution >= 0.6 is 15.9 Å². The van der Waals surface area contributed by atoms with Gasteiger partial charge in [-0.05, 0) is 34.5 Å². The van der Waals surface area contributed by atoms with E-state index in [1.165, 1.54) is 0 Å². The van der Waals surface area contributed by atoms with Gasteiger partial charge < -0.3 is 16.6 Å². The number of hydrogen-bond acceptors (Lipinski definition) is 4. The summed E-state index contributed by atoms with van der Waals surface area (Å²) in [6.07, 6.45) is 0.963. The van der Waals surface area contributed by atoms with Crippen LogP contribution in [0.2, 0.25) is 0 Å². The summed E-state index contributed by atoms with van der Waals surface area (Å²) in [4.78, 5) is 3.87. The maximum atomic E-state index is 9.28. The fourth-order valence-electron chi connectivity index (χ4n) is 0.987. The molecule has 0 aromatic carbocycles. The van der Waals surface area contributed by atoms with E-state index in [1.807, 2.05) is 0 Å². The summed E-state index contributed by atoms with van der Waals surface area (Å²) in [5, 5.41) is 9.28. The SMILES string of the molecule is C[C@H](O)[C@@H](N)c1cc(N)ncc1Br. The van der Waals surface area contributed by atoms with Gasteiger partial charge in [0.1, 0.15) is 5.82 Å². The molecule has 0 aliphatic carbocycles. The maximum absolute atomic E-state index is 9.28. The molecule has 5 heteroatoms. The van der Waals surface area contributed by atoms with Crippen molar-refractivity contribution in [2.24, 2.45) is 5.73 Å². The summed E-state index contributed by atoms with van der Waals surface area (Å²) in [7, 11) is 0. The largest absolute Gasteiger partial charge is 0.391 e. The molecule has 1 aromatic heterocycles. The maximum Gasteiger partial charge on any atom is 0.123 e. The van der Waals surface area contributed by atoms with Crippen LogP contribution in [0.4, 0.5) is 5.82 Å². The number of nitrogens with two attached hydrogens (primary N) is 2. The van der Waals surface area contributed by atoms with E-state index >= 15 is 0 Å². The van der Waals surface area contributed by atoms with E-state index in [2.05, 4.69) is 20.9 Å². The lowest BCUT2D eigenvalue weighted by molar-refractivity contribution is 0.164. The first-order chi connectivity index (χ1) is 6.02. The average Bonchev–Trinajstić information content (AvgIpc) is 2.08. The van der Waals surface area contributed by atoms with Crippen molar-refractivity contribution < 1.29 is 5.11 Å². The van der Waals surface area contributed by atoms with Gasteiger partial charge in [0.25, 0.3) is 0 Å². The molecule has 0 unspecified atom stereocenters. The van der Waals surface area contributed by atoms with E-state index in [1.54, 1.807) is 19.2 Å². The number of pyridine rings is 1. The minimum atomic E-state index is -0.613. The molecule has 1 heterocycles. The summed E-state index contributed by atoms with van der Waals surface area (Å²) in [6.45, 7) is 1.63. The highest BCUT2D eigenvalue weighted by atomic mass is 79.9. The Balaban J connectivity index is 3.05. The number of halogens is 1. The Morgan fingerprint density at radius 1 is 1.62 bits per heavy atom. The molecular formula is C8H12BrN3O. The van der Waals surface area contributed by atoms with E-state index in [9.17, 15) is 5.11 Å². The van der Waals surface area contributed by atoms with Gasteiger partial charge in [-0.3, -0.25) is 0 Å². The molecule has 0 radical (unpaired) electrons. The highest BCUT2D eigenvalue weighted by molar-refractivity contribution is 9.10. The Hall–Kier alpha value is -0.650. The number of aliphatic hydroxyl groups is 1. The Labute approximate surface area is 85.1 Å². The van der Waals surface area contributed by atoms with Crippen molar-refractivity contribution in [2.75, 3.05) is 5.73 Å². The van der Waals surface area contributed by atoms with Gasteiger partial charge in [0.15, 0.2) is 0 Å². The first kappa shape index (κ1) is 10.4. The van der Waals surface area contributed by atoms with Crippen LogP contribution in [0.25, 0.3) is 0 Å². The Morgan fingerprint density at radius 2 is 2.23 bits per heavy atom. The summed E-state index contributed by atoms with van der Waals surface area (Å²) in [5.41, 5.74) is 12.0. The molecule has 0 saturated carbocycles. The minimum absolute atomic E-state index is 0.398. The Kier molecular flexibility index (Phi) is 3.24. The fourth-order valence-corrected chi connectivity index (χ4v) is 1.47.